The van der Waals surface area contributed by atoms with Gasteiger partial charge in [-0.1, -0.05) is 6.42 Å². The molecule has 0 bridgehead atoms. The number of pyridine rings is 1. The number of ether oxygens (including phenoxy) is 1. The molecule has 0 spiro atoms. The standard InChI is InChI=1S/C12H15N3O3S/c1-18-9-5-6-15-11(8-9)13-14-12(15)10-4-2-3-7-19(10,16)17/h5-6,8,10H,2-4,7H2,1H3. The van der Waals surface area contributed by atoms with Gasteiger partial charge in [-0.05, 0) is 18.9 Å². The van der Waals surface area contributed by atoms with Crippen LogP contribution in [0.4, 0.5) is 0 Å². The highest BCUT2D eigenvalue weighted by Gasteiger charge is 2.33. The van der Waals surface area contributed by atoms with Gasteiger partial charge in [0.05, 0.1) is 12.9 Å². The number of fused-ring (bicyclic) bond motifs is 1. The molecule has 2 aromatic heterocycles. The fourth-order valence-corrected chi connectivity index (χ4v) is 4.38. The second-order valence-corrected chi connectivity index (χ2v) is 7.01. The van der Waals surface area contributed by atoms with Crippen LogP contribution in [0.5, 0.6) is 5.75 Å². The van der Waals surface area contributed by atoms with E-state index >= 15 is 0 Å². The molecule has 0 aromatic carbocycles. The van der Waals surface area contributed by atoms with Crippen molar-refractivity contribution in [2.45, 2.75) is 24.5 Å². The Kier molecular flexibility index (Phi) is 2.93. The van der Waals surface area contributed by atoms with E-state index in [4.69, 9.17) is 4.74 Å². The van der Waals surface area contributed by atoms with Crippen LogP contribution in [0.2, 0.25) is 0 Å². The lowest BCUT2D eigenvalue weighted by atomic mass is 10.2. The number of aromatic nitrogens is 3. The first kappa shape index (κ1) is 12.4. The first-order valence-corrected chi connectivity index (χ1v) is 7.93. The van der Waals surface area contributed by atoms with Crippen LogP contribution in [0.3, 0.4) is 0 Å². The van der Waals surface area contributed by atoms with Crippen LogP contribution in [-0.4, -0.2) is 35.9 Å². The third-order valence-corrected chi connectivity index (χ3v) is 5.68. The highest BCUT2D eigenvalue weighted by Crippen LogP contribution is 2.32. The maximum absolute atomic E-state index is 12.1. The predicted molar refractivity (Wildman–Crippen MR) is 69.9 cm³/mol. The number of rotatable bonds is 2. The van der Waals surface area contributed by atoms with Crippen LogP contribution in [0.25, 0.3) is 5.65 Å². The number of methoxy groups -OCH3 is 1. The van der Waals surface area contributed by atoms with Gasteiger partial charge >= 0.3 is 0 Å². The summed E-state index contributed by atoms with van der Waals surface area (Å²) in [6.45, 7) is 0. The highest BCUT2D eigenvalue weighted by molar-refractivity contribution is 7.91. The molecule has 6 nitrogen and oxygen atoms in total. The summed E-state index contributed by atoms with van der Waals surface area (Å²) in [5, 5.41) is 7.57. The molecule has 1 fully saturated rings. The van der Waals surface area contributed by atoms with Gasteiger partial charge in [-0.3, -0.25) is 4.40 Å². The Balaban J connectivity index is 2.10. The van der Waals surface area contributed by atoms with Crippen molar-refractivity contribution < 1.29 is 13.2 Å². The molecular formula is C12H15N3O3S. The summed E-state index contributed by atoms with van der Waals surface area (Å²) >= 11 is 0. The van der Waals surface area contributed by atoms with Gasteiger partial charge in [0, 0.05) is 12.3 Å². The van der Waals surface area contributed by atoms with E-state index in [2.05, 4.69) is 10.2 Å². The van der Waals surface area contributed by atoms with Gasteiger partial charge in [-0.25, -0.2) is 8.42 Å². The van der Waals surface area contributed by atoms with Gasteiger partial charge in [0.25, 0.3) is 0 Å². The fraction of sp³-hybridized carbons (Fsp3) is 0.500. The van der Waals surface area contributed by atoms with Gasteiger partial charge in [-0.15, -0.1) is 10.2 Å². The molecular weight excluding hydrogens is 266 g/mol. The monoisotopic (exact) mass is 281 g/mol. The fourth-order valence-electron chi connectivity index (χ4n) is 2.48. The lowest BCUT2D eigenvalue weighted by Gasteiger charge is -2.20. The van der Waals surface area contributed by atoms with E-state index in [0.717, 1.165) is 12.8 Å². The first-order valence-electron chi connectivity index (χ1n) is 6.22. The maximum Gasteiger partial charge on any atom is 0.164 e. The topological polar surface area (TPSA) is 73.6 Å². The molecule has 1 aliphatic rings. The Morgan fingerprint density at radius 3 is 2.95 bits per heavy atom. The van der Waals surface area contributed by atoms with Gasteiger partial charge in [0.15, 0.2) is 21.3 Å². The van der Waals surface area contributed by atoms with E-state index in [1.165, 1.54) is 0 Å². The van der Waals surface area contributed by atoms with Gasteiger partial charge in [0.1, 0.15) is 11.0 Å². The zero-order valence-corrected chi connectivity index (χ0v) is 11.4. The lowest BCUT2D eigenvalue weighted by Crippen LogP contribution is -2.23. The molecule has 102 valence electrons. The summed E-state index contributed by atoms with van der Waals surface area (Å²) in [7, 11) is -1.53. The summed E-state index contributed by atoms with van der Waals surface area (Å²) < 4.78 is 31.1. The summed E-state index contributed by atoms with van der Waals surface area (Å²) in [5.74, 6) is 1.43. The molecule has 7 heteroatoms. The Bertz CT molecular complexity index is 708. The first-order chi connectivity index (χ1) is 9.12. The molecule has 0 radical (unpaired) electrons. The molecule has 1 unspecified atom stereocenters. The molecule has 0 N–H and O–H groups in total. The Labute approximate surface area is 111 Å². The Morgan fingerprint density at radius 1 is 1.37 bits per heavy atom. The second-order valence-electron chi connectivity index (χ2n) is 4.70. The summed E-state index contributed by atoms with van der Waals surface area (Å²) in [6, 6.07) is 3.52. The minimum atomic E-state index is -3.11. The van der Waals surface area contributed by atoms with Crippen LogP contribution in [0.1, 0.15) is 30.3 Å². The van der Waals surface area contributed by atoms with Crippen molar-refractivity contribution >= 4 is 15.5 Å². The molecule has 3 rings (SSSR count). The Morgan fingerprint density at radius 2 is 2.21 bits per heavy atom. The minimum Gasteiger partial charge on any atom is -0.497 e. The largest absolute Gasteiger partial charge is 0.497 e. The van der Waals surface area contributed by atoms with Gasteiger partial charge < -0.3 is 4.74 Å². The van der Waals surface area contributed by atoms with E-state index in [9.17, 15) is 8.42 Å². The molecule has 1 saturated heterocycles. The molecule has 2 aromatic rings. The number of hydrogen-bond donors (Lipinski definition) is 0. The van der Waals surface area contributed by atoms with Crippen LogP contribution in [0, 0.1) is 0 Å². The molecule has 1 aliphatic heterocycles. The van der Waals surface area contributed by atoms with E-state index in [0.29, 0.717) is 23.6 Å². The highest BCUT2D eigenvalue weighted by atomic mass is 32.2. The number of sulfone groups is 1. The zero-order valence-electron chi connectivity index (χ0n) is 10.6. The van der Waals surface area contributed by atoms with Crippen LogP contribution >= 0.6 is 0 Å². The van der Waals surface area contributed by atoms with E-state index in [-0.39, 0.29) is 5.75 Å². The minimum absolute atomic E-state index is 0.239. The van der Waals surface area contributed by atoms with Gasteiger partial charge in [0.2, 0.25) is 0 Å². The van der Waals surface area contributed by atoms with Crippen molar-refractivity contribution in [2.75, 3.05) is 12.9 Å². The third kappa shape index (κ3) is 2.07. The van der Waals surface area contributed by atoms with Crippen molar-refractivity contribution in [3.8, 4) is 5.75 Å². The quantitative estimate of drug-likeness (QED) is 0.831. The zero-order chi connectivity index (χ0) is 13.5. The molecule has 0 aliphatic carbocycles. The smallest absolute Gasteiger partial charge is 0.164 e. The maximum atomic E-state index is 12.1. The average Bonchev–Trinajstić information content (AvgIpc) is 2.81. The van der Waals surface area contributed by atoms with Crippen LogP contribution in [0.15, 0.2) is 18.3 Å². The molecule has 0 amide bonds. The average molecular weight is 281 g/mol. The predicted octanol–water partition coefficient (Wildman–Crippen LogP) is 1.38. The van der Waals surface area contributed by atoms with E-state index < -0.39 is 15.1 Å². The van der Waals surface area contributed by atoms with Crippen molar-refractivity contribution in [3.05, 3.63) is 24.2 Å². The third-order valence-electron chi connectivity index (χ3n) is 3.51. The summed E-state index contributed by atoms with van der Waals surface area (Å²) in [5.41, 5.74) is 0.607. The molecule has 3 heterocycles. The van der Waals surface area contributed by atoms with Crippen molar-refractivity contribution in [1.82, 2.24) is 14.6 Å². The Hall–Kier alpha value is -1.63. The summed E-state index contributed by atoms with van der Waals surface area (Å²) in [6.07, 6.45) is 4.03. The molecule has 0 saturated carbocycles. The van der Waals surface area contributed by atoms with Crippen molar-refractivity contribution in [2.24, 2.45) is 0 Å². The number of nitrogens with zero attached hydrogens (tertiary/aromatic N) is 3. The van der Waals surface area contributed by atoms with E-state index in [1.54, 1.807) is 29.8 Å². The normalized spacial score (nSPS) is 22.5. The second kappa shape index (κ2) is 4.48. The summed E-state index contributed by atoms with van der Waals surface area (Å²) in [4.78, 5) is 0. The van der Waals surface area contributed by atoms with Crippen molar-refractivity contribution in [1.29, 1.82) is 0 Å². The van der Waals surface area contributed by atoms with Crippen LogP contribution < -0.4 is 4.74 Å². The van der Waals surface area contributed by atoms with E-state index in [1.807, 2.05) is 0 Å². The SMILES string of the molecule is COc1ccn2c(C3CCCCS3(=O)=O)nnc2c1. The van der Waals surface area contributed by atoms with Crippen molar-refractivity contribution in [3.63, 3.8) is 0 Å². The molecule has 19 heavy (non-hydrogen) atoms. The lowest BCUT2D eigenvalue weighted by molar-refractivity contribution is 0.414. The van der Waals surface area contributed by atoms with Gasteiger partial charge in [-0.2, -0.15) is 0 Å². The van der Waals surface area contributed by atoms with Crippen LogP contribution in [-0.2, 0) is 9.84 Å². The molecule has 1 atom stereocenters. The number of hydrogen-bond acceptors (Lipinski definition) is 5.